The van der Waals surface area contributed by atoms with Crippen LogP contribution in [0.15, 0.2) is 0 Å². The van der Waals surface area contributed by atoms with Crippen molar-refractivity contribution in [2.24, 2.45) is 0 Å². The van der Waals surface area contributed by atoms with Crippen LogP contribution in [0.4, 0.5) is 4.79 Å². The second-order valence-electron chi connectivity index (χ2n) is 6.46. The maximum atomic E-state index is 12.0. The number of carbonyl (C=O) groups is 4. The number of ether oxygens (including phenoxy) is 1. The van der Waals surface area contributed by atoms with E-state index in [1.165, 1.54) is 7.11 Å². The van der Waals surface area contributed by atoms with Crippen molar-refractivity contribution in [2.45, 2.75) is 38.8 Å². The molecule has 1 rings (SSSR count). The molecule has 1 fully saturated rings. The third-order valence-electron chi connectivity index (χ3n) is 3.28. The SMILES string of the molecule is COC(=O)C[C@@H]1C(=O)NCC[NH+]1CC(=O)NC(=O)NC(C)(C)C. The van der Waals surface area contributed by atoms with E-state index in [4.69, 9.17) is 0 Å². The molecule has 4 amide bonds. The van der Waals surface area contributed by atoms with E-state index in [2.05, 4.69) is 20.7 Å². The van der Waals surface area contributed by atoms with Crippen LogP contribution in [0.1, 0.15) is 27.2 Å². The van der Waals surface area contributed by atoms with E-state index in [-0.39, 0.29) is 18.9 Å². The Labute approximate surface area is 135 Å². The summed E-state index contributed by atoms with van der Waals surface area (Å²) in [5.41, 5.74) is -0.463. The Hall–Kier alpha value is -2.16. The van der Waals surface area contributed by atoms with Crippen molar-refractivity contribution >= 4 is 23.8 Å². The Kier molecular flexibility index (Phi) is 6.49. The van der Waals surface area contributed by atoms with Crippen LogP contribution < -0.4 is 20.9 Å². The van der Waals surface area contributed by atoms with Crippen molar-refractivity contribution in [3.8, 4) is 0 Å². The molecule has 0 aliphatic carbocycles. The Morgan fingerprint density at radius 1 is 1.35 bits per heavy atom. The number of amides is 4. The van der Waals surface area contributed by atoms with Gasteiger partial charge in [0.1, 0.15) is 6.42 Å². The molecule has 0 aromatic rings. The van der Waals surface area contributed by atoms with Gasteiger partial charge in [0, 0.05) is 5.54 Å². The third kappa shape index (κ3) is 6.64. The van der Waals surface area contributed by atoms with Gasteiger partial charge < -0.3 is 20.3 Å². The average Bonchev–Trinajstić information content (AvgIpc) is 2.39. The summed E-state index contributed by atoms with van der Waals surface area (Å²) in [7, 11) is 1.24. The summed E-state index contributed by atoms with van der Waals surface area (Å²) in [6.07, 6.45) is -0.112. The topological polar surface area (TPSA) is 118 Å². The fraction of sp³-hybridized carbons (Fsp3) is 0.714. The predicted molar refractivity (Wildman–Crippen MR) is 80.6 cm³/mol. The molecule has 0 saturated carbocycles. The number of piperazine rings is 1. The fourth-order valence-electron chi connectivity index (χ4n) is 2.28. The first-order valence-electron chi connectivity index (χ1n) is 7.43. The standard InChI is InChI=1S/C14H24N4O5/c1-14(2,3)17-13(22)16-10(19)8-18-6-5-15-12(21)9(18)7-11(20)23-4/h9H,5-8H2,1-4H3,(H,15,21)(H2,16,17,19,22)/p+1/t9-/m1/s1. The number of esters is 1. The second kappa shape index (κ2) is 7.91. The molecule has 9 heteroatoms. The molecule has 1 aliphatic heterocycles. The smallest absolute Gasteiger partial charge is 0.322 e. The number of methoxy groups -OCH3 is 1. The molecule has 0 aromatic carbocycles. The zero-order chi connectivity index (χ0) is 17.6. The summed E-state index contributed by atoms with van der Waals surface area (Å²) >= 11 is 0. The zero-order valence-electron chi connectivity index (χ0n) is 13.9. The van der Waals surface area contributed by atoms with E-state index in [1.807, 2.05) is 0 Å². The molecule has 1 unspecified atom stereocenters. The monoisotopic (exact) mass is 329 g/mol. The van der Waals surface area contributed by atoms with Crippen molar-refractivity contribution in [3.63, 3.8) is 0 Å². The van der Waals surface area contributed by atoms with Gasteiger partial charge in [0.2, 0.25) is 0 Å². The van der Waals surface area contributed by atoms with Crippen LogP contribution in [-0.2, 0) is 19.1 Å². The van der Waals surface area contributed by atoms with Crippen LogP contribution in [0.3, 0.4) is 0 Å². The molecule has 4 N–H and O–H groups in total. The Bertz CT molecular complexity index is 486. The van der Waals surface area contributed by atoms with Crippen molar-refractivity contribution in [2.75, 3.05) is 26.7 Å². The first-order valence-corrected chi connectivity index (χ1v) is 7.43. The van der Waals surface area contributed by atoms with Crippen molar-refractivity contribution in [3.05, 3.63) is 0 Å². The predicted octanol–water partition coefficient (Wildman–Crippen LogP) is -2.44. The van der Waals surface area contributed by atoms with Gasteiger partial charge in [-0.15, -0.1) is 0 Å². The lowest BCUT2D eigenvalue weighted by molar-refractivity contribution is -0.909. The highest BCUT2D eigenvalue weighted by Gasteiger charge is 2.37. The molecule has 23 heavy (non-hydrogen) atoms. The minimum atomic E-state index is -0.701. The quantitative estimate of drug-likeness (QED) is 0.427. The van der Waals surface area contributed by atoms with Crippen LogP contribution >= 0.6 is 0 Å². The highest BCUT2D eigenvalue weighted by Crippen LogP contribution is 1.97. The van der Waals surface area contributed by atoms with Gasteiger partial charge in [-0.2, -0.15) is 0 Å². The van der Waals surface area contributed by atoms with Gasteiger partial charge in [0.05, 0.1) is 20.2 Å². The van der Waals surface area contributed by atoms with E-state index in [1.54, 1.807) is 20.8 Å². The third-order valence-corrected chi connectivity index (χ3v) is 3.28. The van der Waals surface area contributed by atoms with Crippen LogP contribution in [-0.4, -0.2) is 62.1 Å². The molecule has 130 valence electrons. The molecule has 0 bridgehead atoms. The average molecular weight is 329 g/mol. The van der Waals surface area contributed by atoms with Crippen LogP contribution in [0, 0.1) is 0 Å². The summed E-state index contributed by atoms with van der Waals surface area (Å²) in [5, 5.41) is 7.50. The lowest BCUT2D eigenvalue weighted by Gasteiger charge is -2.30. The summed E-state index contributed by atoms with van der Waals surface area (Å²) < 4.78 is 4.58. The van der Waals surface area contributed by atoms with Gasteiger partial charge in [0.15, 0.2) is 12.6 Å². The normalized spacial score (nSPS) is 21.1. The molecule has 0 radical (unpaired) electrons. The summed E-state index contributed by atoms with van der Waals surface area (Å²) in [6.45, 7) is 6.21. The van der Waals surface area contributed by atoms with E-state index in [0.29, 0.717) is 18.0 Å². The molecular formula is C14H25N4O5+. The fourth-order valence-corrected chi connectivity index (χ4v) is 2.28. The van der Waals surface area contributed by atoms with Gasteiger partial charge in [-0.25, -0.2) is 4.79 Å². The largest absolute Gasteiger partial charge is 0.469 e. The van der Waals surface area contributed by atoms with Gasteiger partial charge in [0.25, 0.3) is 11.8 Å². The van der Waals surface area contributed by atoms with Crippen molar-refractivity contribution in [1.82, 2.24) is 16.0 Å². The van der Waals surface area contributed by atoms with Crippen LogP contribution in [0.25, 0.3) is 0 Å². The van der Waals surface area contributed by atoms with E-state index < -0.39 is 29.5 Å². The minimum absolute atomic E-state index is 0.0767. The van der Waals surface area contributed by atoms with E-state index >= 15 is 0 Å². The van der Waals surface area contributed by atoms with Gasteiger partial charge in [-0.1, -0.05) is 0 Å². The van der Waals surface area contributed by atoms with Crippen LogP contribution in [0.2, 0.25) is 0 Å². The van der Waals surface area contributed by atoms with Crippen LogP contribution in [0.5, 0.6) is 0 Å². The lowest BCUT2D eigenvalue weighted by Crippen LogP contribution is -3.20. The molecule has 1 saturated heterocycles. The highest BCUT2D eigenvalue weighted by atomic mass is 16.5. The maximum Gasteiger partial charge on any atom is 0.322 e. The molecule has 1 aliphatic rings. The first-order chi connectivity index (χ1) is 10.6. The van der Waals surface area contributed by atoms with Crippen molar-refractivity contribution < 1.29 is 28.8 Å². The molecular weight excluding hydrogens is 304 g/mol. The number of hydrogen-bond acceptors (Lipinski definition) is 5. The van der Waals surface area contributed by atoms with Gasteiger partial charge >= 0.3 is 12.0 Å². The minimum Gasteiger partial charge on any atom is -0.469 e. The summed E-state index contributed by atoms with van der Waals surface area (Å²) in [6, 6.07) is -1.29. The van der Waals surface area contributed by atoms with Gasteiger partial charge in [-0.3, -0.25) is 19.7 Å². The Morgan fingerprint density at radius 2 is 2.00 bits per heavy atom. The summed E-state index contributed by atoms with van der Waals surface area (Å²) in [4.78, 5) is 47.6. The van der Waals surface area contributed by atoms with Gasteiger partial charge in [-0.05, 0) is 20.8 Å². The Balaban J connectivity index is 2.61. The number of urea groups is 1. The number of quaternary nitrogens is 1. The van der Waals surface area contributed by atoms with E-state index in [0.717, 1.165) is 0 Å². The molecule has 9 nitrogen and oxygen atoms in total. The van der Waals surface area contributed by atoms with Crippen molar-refractivity contribution in [1.29, 1.82) is 0 Å². The number of carbonyl (C=O) groups excluding carboxylic acids is 4. The number of imide groups is 1. The number of rotatable bonds is 4. The maximum absolute atomic E-state index is 12.0. The van der Waals surface area contributed by atoms with E-state index in [9.17, 15) is 19.2 Å². The lowest BCUT2D eigenvalue weighted by atomic mass is 10.1. The molecule has 0 aromatic heterocycles. The molecule has 0 spiro atoms. The second-order valence-corrected chi connectivity index (χ2v) is 6.46. The first kappa shape index (κ1) is 18.9. The highest BCUT2D eigenvalue weighted by molar-refractivity contribution is 5.95. The summed E-state index contributed by atoms with van der Waals surface area (Å²) in [5.74, 6) is -1.33. The zero-order valence-corrected chi connectivity index (χ0v) is 13.9. The number of hydrogen-bond donors (Lipinski definition) is 4. The number of nitrogens with one attached hydrogen (secondary N) is 4. The molecule has 1 heterocycles. The molecule has 2 atom stereocenters. The Morgan fingerprint density at radius 3 is 2.57 bits per heavy atom.